The molecule has 1 amide bonds. The number of aromatic nitrogens is 3. The molecule has 2 saturated heterocycles. The Balaban J connectivity index is 1.32. The van der Waals surface area contributed by atoms with E-state index < -0.39 is 0 Å². The molecule has 2 aliphatic rings. The lowest BCUT2D eigenvalue weighted by Crippen LogP contribution is -2.49. The number of methoxy groups -OCH3 is 1. The number of anilines is 3. The molecular formula is C21H30N8O2. The van der Waals surface area contributed by atoms with Crippen LogP contribution in [0.1, 0.15) is 18.7 Å². The zero-order valence-electron chi connectivity index (χ0n) is 18.0. The molecule has 2 aromatic rings. The van der Waals surface area contributed by atoms with Crippen LogP contribution >= 0.6 is 0 Å². The van der Waals surface area contributed by atoms with Crippen LogP contribution in [0.5, 0.6) is 5.75 Å². The smallest absolute Gasteiger partial charge is 0.236 e. The van der Waals surface area contributed by atoms with Crippen molar-refractivity contribution in [3.63, 3.8) is 0 Å². The van der Waals surface area contributed by atoms with Crippen molar-refractivity contribution < 1.29 is 9.53 Å². The van der Waals surface area contributed by atoms with E-state index in [1.165, 1.54) is 0 Å². The van der Waals surface area contributed by atoms with Gasteiger partial charge in [-0.15, -0.1) is 0 Å². The minimum atomic E-state index is 0.178. The Morgan fingerprint density at radius 1 is 1.03 bits per heavy atom. The Morgan fingerprint density at radius 3 is 2.48 bits per heavy atom. The first-order valence-electron chi connectivity index (χ1n) is 10.7. The summed E-state index contributed by atoms with van der Waals surface area (Å²) >= 11 is 0. The standard InChI is InChI=1S/C21H30N8O2/c1-31-17-7-3-2-6-16(17)23-21-25-18(24-20(22)26-21)14-27-10-12-28(13-11-27)15-19(30)29-8-4-5-9-29/h2-3,6-7H,4-5,8-15H2,1H3,(H3,22,23,24,25,26). The van der Waals surface area contributed by atoms with Gasteiger partial charge >= 0.3 is 0 Å². The highest BCUT2D eigenvalue weighted by Crippen LogP contribution is 2.25. The van der Waals surface area contributed by atoms with Crippen molar-refractivity contribution in [2.45, 2.75) is 19.4 Å². The van der Waals surface area contributed by atoms with Crippen LogP contribution in [-0.2, 0) is 11.3 Å². The zero-order chi connectivity index (χ0) is 21.6. The molecule has 0 spiro atoms. The van der Waals surface area contributed by atoms with Gasteiger partial charge in [0.2, 0.25) is 17.8 Å². The third-order valence-corrected chi connectivity index (χ3v) is 5.70. The fourth-order valence-corrected chi connectivity index (χ4v) is 4.00. The largest absolute Gasteiger partial charge is 0.495 e. The van der Waals surface area contributed by atoms with Gasteiger partial charge in [-0.25, -0.2) is 0 Å². The molecular weight excluding hydrogens is 396 g/mol. The van der Waals surface area contributed by atoms with Gasteiger partial charge in [0.1, 0.15) is 11.6 Å². The average Bonchev–Trinajstić information content (AvgIpc) is 3.30. The van der Waals surface area contributed by atoms with Gasteiger partial charge in [-0.05, 0) is 25.0 Å². The van der Waals surface area contributed by atoms with E-state index in [-0.39, 0.29) is 11.9 Å². The summed E-state index contributed by atoms with van der Waals surface area (Å²) < 4.78 is 5.36. The van der Waals surface area contributed by atoms with Gasteiger partial charge in [-0.1, -0.05) is 12.1 Å². The van der Waals surface area contributed by atoms with E-state index in [0.29, 0.717) is 30.6 Å². The lowest BCUT2D eigenvalue weighted by molar-refractivity contribution is -0.131. The number of amides is 1. The number of ether oxygens (including phenoxy) is 1. The number of hydrogen-bond donors (Lipinski definition) is 2. The number of likely N-dealkylation sites (tertiary alicyclic amines) is 1. The van der Waals surface area contributed by atoms with E-state index in [0.717, 1.165) is 57.8 Å². The van der Waals surface area contributed by atoms with E-state index in [4.69, 9.17) is 10.5 Å². The number of nitrogens with zero attached hydrogens (tertiary/aromatic N) is 6. The van der Waals surface area contributed by atoms with Gasteiger partial charge in [0, 0.05) is 39.3 Å². The number of nitrogens with one attached hydrogen (secondary N) is 1. The van der Waals surface area contributed by atoms with Gasteiger partial charge in [0.15, 0.2) is 0 Å². The van der Waals surface area contributed by atoms with Crippen molar-refractivity contribution in [3.05, 3.63) is 30.1 Å². The normalized spacial score (nSPS) is 17.6. The summed E-state index contributed by atoms with van der Waals surface area (Å²) in [5.41, 5.74) is 6.68. The lowest BCUT2D eigenvalue weighted by Gasteiger charge is -2.34. The molecule has 3 heterocycles. The molecule has 166 valence electrons. The number of para-hydroxylation sites is 2. The molecule has 0 atom stereocenters. The Bertz CT molecular complexity index is 895. The van der Waals surface area contributed by atoms with E-state index in [1.54, 1.807) is 7.11 Å². The Kier molecular flexibility index (Phi) is 6.78. The van der Waals surface area contributed by atoms with Crippen LogP contribution in [0.4, 0.5) is 17.6 Å². The summed E-state index contributed by atoms with van der Waals surface area (Å²) in [6.07, 6.45) is 2.25. The van der Waals surface area contributed by atoms with Crippen LogP contribution in [0.25, 0.3) is 0 Å². The summed E-state index contributed by atoms with van der Waals surface area (Å²) in [6.45, 7) is 6.33. The maximum absolute atomic E-state index is 12.4. The molecule has 4 rings (SSSR count). The summed E-state index contributed by atoms with van der Waals surface area (Å²) in [6, 6.07) is 7.56. The minimum absolute atomic E-state index is 0.178. The van der Waals surface area contributed by atoms with Crippen LogP contribution < -0.4 is 15.8 Å². The Hall–Kier alpha value is -2.98. The molecule has 1 aromatic heterocycles. The second kappa shape index (κ2) is 9.88. The SMILES string of the molecule is COc1ccccc1Nc1nc(N)nc(CN2CCN(CC(=O)N3CCCC3)CC2)n1. The molecule has 2 aliphatic heterocycles. The highest BCUT2D eigenvalue weighted by Gasteiger charge is 2.24. The van der Waals surface area contributed by atoms with Crippen molar-refractivity contribution in [1.82, 2.24) is 29.7 Å². The molecule has 2 fully saturated rings. The van der Waals surface area contributed by atoms with Gasteiger partial charge < -0.3 is 20.7 Å². The third-order valence-electron chi connectivity index (χ3n) is 5.70. The van der Waals surface area contributed by atoms with Crippen molar-refractivity contribution in [2.24, 2.45) is 0 Å². The van der Waals surface area contributed by atoms with Gasteiger partial charge in [0.05, 0.1) is 25.9 Å². The Labute approximate surface area is 182 Å². The second-order valence-electron chi connectivity index (χ2n) is 7.90. The monoisotopic (exact) mass is 426 g/mol. The van der Waals surface area contributed by atoms with Gasteiger partial charge in [-0.3, -0.25) is 14.6 Å². The van der Waals surface area contributed by atoms with Crippen LogP contribution in [0.15, 0.2) is 24.3 Å². The van der Waals surface area contributed by atoms with Crippen molar-refractivity contribution in [2.75, 3.05) is 64.0 Å². The molecule has 0 saturated carbocycles. The first-order chi connectivity index (χ1) is 15.1. The topological polar surface area (TPSA) is 113 Å². The molecule has 1 aromatic carbocycles. The number of benzene rings is 1. The average molecular weight is 427 g/mol. The predicted octanol–water partition coefficient (Wildman–Crippen LogP) is 0.946. The third kappa shape index (κ3) is 5.59. The van der Waals surface area contributed by atoms with Crippen molar-refractivity contribution >= 4 is 23.5 Å². The van der Waals surface area contributed by atoms with Gasteiger partial charge in [-0.2, -0.15) is 15.0 Å². The number of rotatable bonds is 7. The van der Waals surface area contributed by atoms with Crippen molar-refractivity contribution in [3.8, 4) is 5.75 Å². The number of hydrogen-bond acceptors (Lipinski definition) is 9. The maximum atomic E-state index is 12.4. The second-order valence-corrected chi connectivity index (χ2v) is 7.90. The summed E-state index contributed by atoms with van der Waals surface area (Å²) in [7, 11) is 1.62. The number of carbonyl (C=O) groups excluding carboxylic acids is 1. The minimum Gasteiger partial charge on any atom is -0.495 e. The number of nitrogen functional groups attached to an aromatic ring is 1. The summed E-state index contributed by atoms with van der Waals surface area (Å²) in [5, 5.41) is 3.16. The van der Waals surface area contributed by atoms with Crippen LogP contribution in [-0.4, -0.2) is 88.5 Å². The number of piperazine rings is 1. The Morgan fingerprint density at radius 2 is 1.74 bits per heavy atom. The molecule has 31 heavy (non-hydrogen) atoms. The fourth-order valence-electron chi connectivity index (χ4n) is 4.00. The number of carbonyl (C=O) groups is 1. The van der Waals surface area contributed by atoms with E-state index in [9.17, 15) is 4.79 Å². The molecule has 0 unspecified atom stereocenters. The molecule has 10 heteroatoms. The van der Waals surface area contributed by atoms with Crippen LogP contribution in [0, 0.1) is 0 Å². The maximum Gasteiger partial charge on any atom is 0.236 e. The van der Waals surface area contributed by atoms with Crippen LogP contribution in [0.3, 0.4) is 0 Å². The van der Waals surface area contributed by atoms with Crippen molar-refractivity contribution in [1.29, 1.82) is 0 Å². The molecule has 0 radical (unpaired) electrons. The zero-order valence-corrected chi connectivity index (χ0v) is 18.0. The quantitative estimate of drug-likeness (QED) is 0.668. The molecule has 0 aliphatic carbocycles. The predicted molar refractivity (Wildman–Crippen MR) is 118 cm³/mol. The van der Waals surface area contributed by atoms with Crippen LogP contribution in [0.2, 0.25) is 0 Å². The summed E-state index contributed by atoms with van der Waals surface area (Å²) in [4.78, 5) is 31.9. The molecule has 10 nitrogen and oxygen atoms in total. The molecule has 0 bridgehead atoms. The highest BCUT2D eigenvalue weighted by atomic mass is 16.5. The molecule has 3 N–H and O–H groups in total. The highest BCUT2D eigenvalue weighted by molar-refractivity contribution is 5.78. The first kappa shape index (κ1) is 21.3. The summed E-state index contributed by atoms with van der Waals surface area (Å²) in [5.74, 6) is 2.14. The fraction of sp³-hybridized carbons (Fsp3) is 0.524. The first-order valence-corrected chi connectivity index (χ1v) is 10.7. The number of nitrogens with two attached hydrogens (primary N) is 1. The lowest BCUT2D eigenvalue weighted by atomic mass is 10.3. The van der Waals surface area contributed by atoms with Gasteiger partial charge in [0.25, 0.3) is 0 Å². The van der Waals surface area contributed by atoms with E-state index in [1.807, 2.05) is 29.2 Å². The van der Waals surface area contributed by atoms with E-state index in [2.05, 4.69) is 30.1 Å². The van der Waals surface area contributed by atoms with E-state index >= 15 is 0 Å².